The molecule has 0 bridgehead atoms. The van der Waals surface area contributed by atoms with Gasteiger partial charge in [0, 0.05) is 11.1 Å². The molecule has 2 aromatic carbocycles. The van der Waals surface area contributed by atoms with E-state index in [2.05, 4.69) is 31.2 Å². The number of fused-ring (bicyclic) bond motifs is 1. The third-order valence-corrected chi connectivity index (χ3v) is 6.36. The predicted octanol–water partition coefficient (Wildman–Crippen LogP) is 5.00. The van der Waals surface area contributed by atoms with E-state index in [9.17, 15) is 4.79 Å². The molecule has 7 heteroatoms. The molecule has 6 nitrogen and oxygen atoms in total. The van der Waals surface area contributed by atoms with Crippen molar-refractivity contribution < 1.29 is 14.3 Å². The number of amides is 1. The summed E-state index contributed by atoms with van der Waals surface area (Å²) in [4.78, 5) is 12.5. The first-order valence-corrected chi connectivity index (χ1v) is 11.3. The second-order valence-corrected chi connectivity index (χ2v) is 9.52. The number of carbonyl (C=O) groups is 1. The number of carbonyl (C=O) groups excluding carboxylic acids is 1. The summed E-state index contributed by atoms with van der Waals surface area (Å²) >= 11 is 1.57. The molecule has 0 fully saturated rings. The highest BCUT2D eigenvalue weighted by Crippen LogP contribution is 2.48. The van der Waals surface area contributed by atoms with Crippen LogP contribution < -0.4 is 14.8 Å². The van der Waals surface area contributed by atoms with Crippen molar-refractivity contribution in [2.24, 2.45) is 0 Å². The van der Waals surface area contributed by atoms with Crippen LogP contribution in [0.15, 0.2) is 54.7 Å². The van der Waals surface area contributed by atoms with Gasteiger partial charge in [-0.2, -0.15) is 5.10 Å². The first-order valence-electron chi connectivity index (χ1n) is 10.2. The lowest BCUT2D eigenvalue weighted by Crippen LogP contribution is -2.27. The Labute approximate surface area is 186 Å². The molecule has 1 aromatic heterocycles. The Bertz CT molecular complexity index is 1070. The van der Waals surface area contributed by atoms with Gasteiger partial charge in [-0.25, -0.2) is 4.68 Å². The molecule has 1 amide bonds. The van der Waals surface area contributed by atoms with Crippen LogP contribution >= 0.6 is 11.8 Å². The summed E-state index contributed by atoms with van der Waals surface area (Å²) in [6, 6.07) is 15.9. The Morgan fingerprint density at radius 1 is 1.13 bits per heavy atom. The lowest BCUT2D eigenvalue weighted by Gasteiger charge is -2.23. The number of methoxy groups -OCH3 is 1. The van der Waals surface area contributed by atoms with Crippen molar-refractivity contribution in [2.45, 2.75) is 38.2 Å². The lowest BCUT2D eigenvalue weighted by molar-refractivity contribution is -0.113. The number of hydrogen-bond donors (Lipinski definition) is 1. The molecule has 1 aliphatic rings. The van der Waals surface area contributed by atoms with Crippen molar-refractivity contribution in [1.82, 2.24) is 9.78 Å². The lowest BCUT2D eigenvalue weighted by atomic mass is 10.0. The van der Waals surface area contributed by atoms with Gasteiger partial charge in [0.05, 0.1) is 29.8 Å². The molecule has 0 radical (unpaired) electrons. The molecular formula is C24H27N3O3S. The Balaban J connectivity index is 1.77. The van der Waals surface area contributed by atoms with Gasteiger partial charge in [-0.3, -0.25) is 4.79 Å². The van der Waals surface area contributed by atoms with Crippen LogP contribution in [0.25, 0.3) is 0 Å². The molecule has 0 unspecified atom stereocenters. The zero-order valence-corrected chi connectivity index (χ0v) is 19.0. The number of nitrogens with one attached hydrogen (secondary N) is 1. The van der Waals surface area contributed by atoms with E-state index in [0.29, 0.717) is 23.9 Å². The van der Waals surface area contributed by atoms with Crippen LogP contribution in [-0.4, -0.2) is 28.6 Å². The molecule has 1 aliphatic heterocycles. The normalized spacial score (nSPS) is 16.3. The van der Waals surface area contributed by atoms with Crippen molar-refractivity contribution in [2.75, 3.05) is 18.2 Å². The van der Waals surface area contributed by atoms with Gasteiger partial charge < -0.3 is 14.8 Å². The highest BCUT2D eigenvalue weighted by molar-refractivity contribution is 8.00. The number of nitrogens with zero attached hydrogens (tertiary/aromatic N) is 2. The van der Waals surface area contributed by atoms with Crippen LogP contribution in [0.5, 0.6) is 11.5 Å². The molecule has 1 N–H and O–H groups in total. The fourth-order valence-electron chi connectivity index (χ4n) is 3.65. The largest absolute Gasteiger partial charge is 0.493 e. The molecular weight excluding hydrogens is 410 g/mol. The molecule has 0 aliphatic carbocycles. The fourth-order valence-corrected chi connectivity index (χ4v) is 4.75. The number of benzene rings is 2. The molecule has 4 rings (SSSR count). The van der Waals surface area contributed by atoms with Gasteiger partial charge in [-0.15, -0.1) is 11.8 Å². The molecule has 0 spiro atoms. The van der Waals surface area contributed by atoms with Crippen LogP contribution in [0.2, 0.25) is 0 Å². The number of hydrogen-bond acceptors (Lipinski definition) is 5. The van der Waals surface area contributed by atoms with Gasteiger partial charge in [-0.1, -0.05) is 42.5 Å². The van der Waals surface area contributed by atoms with E-state index < -0.39 is 0 Å². The molecule has 0 saturated carbocycles. The van der Waals surface area contributed by atoms with Crippen molar-refractivity contribution >= 4 is 23.5 Å². The molecule has 31 heavy (non-hydrogen) atoms. The Morgan fingerprint density at radius 2 is 1.90 bits per heavy atom. The van der Waals surface area contributed by atoms with E-state index in [0.717, 1.165) is 22.5 Å². The number of anilines is 1. The minimum atomic E-state index is -0.262. The van der Waals surface area contributed by atoms with Crippen LogP contribution in [0.3, 0.4) is 0 Å². The first kappa shape index (κ1) is 21.3. The molecule has 162 valence electrons. The van der Waals surface area contributed by atoms with Crippen molar-refractivity contribution in [3.05, 3.63) is 71.4 Å². The quantitative estimate of drug-likeness (QED) is 0.608. The minimum absolute atomic E-state index is 0.0330. The van der Waals surface area contributed by atoms with E-state index in [4.69, 9.17) is 9.47 Å². The van der Waals surface area contributed by atoms with Crippen LogP contribution in [0.1, 0.15) is 42.7 Å². The summed E-state index contributed by atoms with van der Waals surface area (Å²) in [5.41, 5.74) is 2.74. The SMILES string of the molecule is COc1cccc([C@H]2SCC(=O)Nc3c2cnn3C(C)(C)C)c1OCc1ccccc1. The topological polar surface area (TPSA) is 65.4 Å². The third kappa shape index (κ3) is 4.42. The van der Waals surface area contributed by atoms with Gasteiger partial charge >= 0.3 is 0 Å². The van der Waals surface area contributed by atoms with Gasteiger partial charge in [0.2, 0.25) is 5.91 Å². The number of rotatable bonds is 5. The average molecular weight is 438 g/mol. The average Bonchev–Trinajstić information content (AvgIpc) is 3.10. The number of ether oxygens (including phenoxy) is 2. The highest BCUT2D eigenvalue weighted by atomic mass is 32.2. The third-order valence-electron chi connectivity index (χ3n) is 5.09. The Kier molecular flexibility index (Phi) is 5.96. The van der Waals surface area contributed by atoms with Crippen LogP contribution in [-0.2, 0) is 16.9 Å². The van der Waals surface area contributed by atoms with Gasteiger partial charge in [-0.05, 0) is 32.4 Å². The number of thioether (sulfide) groups is 1. The molecule has 1 atom stereocenters. The summed E-state index contributed by atoms with van der Waals surface area (Å²) < 4.78 is 13.8. The first-order chi connectivity index (χ1) is 14.9. The summed E-state index contributed by atoms with van der Waals surface area (Å²) in [5, 5.41) is 7.54. The number of aromatic nitrogens is 2. The Hall–Kier alpha value is -2.93. The second-order valence-electron chi connectivity index (χ2n) is 8.42. The maximum absolute atomic E-state index is 12.5. The van der Waals surface area contributed by atoms with E-state index in [1.807, 2.05) is 59.4 Å². The molecule has 3 aromatic rings. The summed E-state index contributed by atoms with van der Waals surface area (Å²) in [6.45, 7) is 6.63. The van der Waals surface area contributed by atoms with E-state index in [1.165, 1.54) is 0 Å². The van der Waals surface area contributed by atoms with Gasteiger partial charge in [0.15, 0.2) is 11.5 Å². The van der Waals surface area contributed by atoms with E-state index in [1.54, 1.807) is 18.9 Å². The molecule has 0 saturated heterocycles. The van der Waals surface area contributed by atoms with Crippen molar-refractivity contribution in [3.63, 3.8) is 0 Å². The van der Waals surface area contributed by atoms with Crippen LogP contribution in [0.4, 0.5) is 5.82 Å². The minimum Gasteiger partial charge on any atom is -0.493 e. The fraction of sp³-hybridized carbons (Fsp3) is 0.333. The summed E-state index contributed by atoms with van der Waals surface area (Å²) in [7, 11) is 1.64. The van der Waals surface area contributed by atoms with Crippen LogP contribution in [0, 0.1) is 0 Å². The molecule has 2 heterocycles. The standard InChI is InChI=1S/C24H27N3O3S/c1-24(2,3)27-23-18(13-25-27)22(31-15-20(28)26-23)17-11-8-12-19(29-4)21(17)30-14-16-9-6-5-7-10-16/h5-13,22H,14-15H2,1-4H3,(H,26,28)/t22-/m1/s1. The van der Waals surface area contributed by atoms with Gasteiger partial charge in [0.25, 0.3) is 0 Å². The maximum atomic E-state index is 12.5. The van der Waals surface area contributed by atoms with E-state index in [-0.39, 0.29) is 16.7 Å². The second kappa shape index (κ2) is 8.67. The Morgan fingerprint density at radius 3 is 2.61 bits per heavy atom. The smallest absolute Gasteiger partial charge is 0.235 e. The monoisotopic (exact) mass is 437 g/mol. The van der Waals surface area contributed by atoms with Crippen molar-refractivity contribution in [3.8, 4) is 11.5 Å². The van der Waals surface area contributed by atoms with Gasteiger partial charge in [0.1, 0.15) is 12.4 Å². The maximum Gasteiger partial charge on any atom is 0.235 e. The highest BCUT2D eigenvalue weighted by Gasteiger charge is 2.32. The summed E-state index contributed by atoms with van der Waals surface area (Å²) in [6.07, 6.45) is 1.85. The summed E-state index contributed by atoms with van der Waals surface area (Å²) in [5.74, 6) is 2.41. The predicted molar refractivity (Wildman–Crippen MR) is 124 cm³/mol. The van der Waals surface area contributed by atoms with E-state index >= 15 is 0 Å². The number of para-hydroxylation sites is 1. The zero-order valence-electron chi connectivity index (χ0n) is 18.2. The zero-order chi connectivity index (χ0) is 22.0. The van der Waals surface area contributed by atoms with Crippen molar-refractivity contribution in [1.29, 1.82) is 0 Å².